The second kappa shape index (κ2) is 5.77. The number of rotatable bonds is 4. The summed E-state index contributed by atoms with van der Waals surface area (Å²) in [6.45, 7) is 2.47. The van der Waals surface area contributed by atoms with Crippen LogP contribution in [0.15, 0.2) is 12.1 Å². The van der Waals surface area contributed by atoms with Crippen molar-refractivity contribution in [3.05, 3.63) is 17.8 Å². The van der Waals surface area contributed by atoms with E-state index in [2.05, 4.69) is 15.5 Å². The number of nitrogens with one attached hydrogen (secondary N) is 1. The van der Waals surface area contributed by atoms with Gasteiger partial charge >= 0.3 is 0 Å². The topological polar surface area (TPSA) is 67.4 Å². The van der Waals surface area contributed by atoms with Crippen LogP contribution in [0.1, 0.15) is 16.9 Å². The van der Waals surface area contributed by atoms with Crippen molar-refractivity contribution in [3.8, 4) is 0 Å². The Morgan fingerprint density at radius 2 is 2.33 bits per heavy atom. The Kier molecular flexibility index (Phi) is 4.09. The first kappa shape index (κ1) is 12.8. The number of hydrogen-bond donors (Lipinski definition) is 1. The minimum absolute atomic E-state index is 0.141. The number of carbonyl (C=O) groups is 1. The molecule has 98 valence electrons. The molecule has 1 aliphatic heterocycles. The highest BCUT2D eigenvalue weighted by Gasteiger charge is 2.15. The van der Waals surface area contributed by atoms with Crippen molar-refractivity contribution in [2.24, 2.45) is 5.92 Å². The smallest absolute Gasteiger partial charge is 0.273 e. The third-order valence-corrected chi connectivity index (χ3v) is 2.89. The zero-order valence-corrected chi connectivity index (χ0v) is 10.7. The molecule has 1 aromatic rings. The van der Waals surface area contributed by atoms with Crippen molar-refractivity contribution in [3.63, 3.8) is 0 Å². The summed E-state index contributed by atoms with van der Waals surface area (Å²) in [5, 5.41) is 11.1. The summed E-state index contributed by atoms with van der Waals surface area (Å²) >= 11 is 0. The van der Waals surface area contributed by atoms with Gasteiger partial charge in [-0.25, -0.2) is 0 Å². The second-order valence-electron chi connectivity index (χ2n) is 4.61. The first-order valence-corrected chi connectivity index (χ1v) is 6.04. The van der Waals surface area contributed by atoms with Gasteiger partial charge in [-0.05, 0) is 18.6 Å². The minimum atomic E-state index is -0.141. The van der Waals surface area contributed by atoms with Gasteiger partial charge in [0.25, 0.3) is 5.91 Å². The minimum Gasteiger partial charge on any atom is -0.381 e. The van der Waals surface area contributed by atoms with Crippen molar-refractivity contribution in [2.75, 3.05) is 39.2 Å². The molecule has 1 aliphatic rings. The zero-order valence-electron chi connectivity index (χ0n) is 10.7. The highest BCUT2D eigenvalue weighted by atomic mass is 16.5. The summed E-state index contributed by atoms with van der Waals surface area (Å²) in [6, 6.07) is 3.46. The van der Waals surface area contributed by atoms with E-state index >= 15 is 0 Å². The summed E-state index contributed by atoms with van der Waals surface area (Å²) in [4.78, 5) is 13.1. The predicted octanol–water partition coefficient (Wildman–Crippen LogP) is 0.627. The summed E-state index contributed by atoms with van der Waals surface area (Å²) in [6.07, 6.45) is 1.08. The molecule has 1 saturated heterocycles. The Morgan fingerprint density at radius 3 is 2.89 bits per heavy atom. The Morgan fingerprint density at radius 1 is 1.50 bits per heavy atom. The van der Waals surface area contributed by atoms with E-state index in [9.17, 15) is 4.79 Å². The van der Waals surface area contributed by atoms with Gasteiger partial charge in [0.05, 0.1) is 6.61 Å². The van der Waals surface area contributed by atoms with Crippen molar-refractivity contribution < 1.29 is 9.53 Å². The zero-order chi connectivity index (χ0) is 13.0. The van der Waals surface area contributed by atoms with Crippen LogP contribution in [0.4, 0.5) is 5.82 Å². The third kappa shape index (κ3) is 3.16. The highest BCUT2D eigenvalue weighted by Crippen LogP contribution is 2.13. The van der Waals surface area contributed by atoms with Gasteiger partial charge < -0.3 is 15.0 Å². The predicted molar refractivity (Wildman–Crippen MR) is 67.5 cm³/mol. The van der Waals surface area contributed by atoms with Crippen LogP contribution in [0.25, 0.3) is 0 Å². The van der Waals surface area contributed by atoms with E-state index in [0.717, 1.165) is 26.2 Å². The summed E-state index contributed by atoms with van der Waals surface area (Å²) in [7, 11) is 3.38. The van der Waals surface area contributed by atoms with E-state index in [1.165, 1.54) is 4.90 Å². The van der Waals surface area contributed by atoms with Crippen LogP contribution in [0, 0.1) is 5.92 Å². The molecule has 0 spiro atoms. The van der Waals surface area contributed by atoms with E-state index in [0.29, 0.717) is 17.4 Å². The SMILES string of the molecule is CN(C)C(=O)c1ccc(NCC2CCOC2)nn1. The van der Waals surface area contributed by atoms with Gasteiger partial charge in [0.15, 0.2) is 5.69 Å². The molecule has 0 saturated carbocycles. The lowest BCUT2D eigenvalue weighted by Crippen LogP contribution is -2.23. The maximum absolute atomic E-state index is 11.6. The first-order chi connectivity index (χ1) is 8.66. The van der Waals surface area contributed by atoms with E-state index in [1.54, 1.807) is 26.2 Å². The van der Waals surface area contributed by atoms with Gasteiger partial charge in [-0.15, -0.1) is 10.2 Å². The van der Waals surface area contributed by atoms with Crippen molar-refractivity contribution in [1.29, 1.82) is 0 Å². The lowest BCUT2D eigenvalue weighted by atomic mass is 10.1. The van der Waals surface area contributed by atoms with Gasteiger partial charge in [0.2, 0.25) is 0 Å². The molecule has 1 fully saturated rings. The van der Waals surface area contributed by atoms with Crippen LogP contribution in [0.3, 0.4) is 0 Å². The maximum atomic E-state index is 11.6. The molecule has 0 radical (unpaired) electrons. The summed E-state index contributed by atoms with van der Waals surface area (Å²) in [5.41, 5.74) is 0.356. The molecule has 0 bridgehead atoms. The van der Waals surface area contributed by atoms with E-state index in [4.69, 9.17) is 4.74 Å². The average molecular weight is 250 g/mol. The molecule has 6 nitrogen and oxygen atoms in total. The number of aromatic nitrogens is 2. The molecule has 2 heterocycles. The lowest BCUT2D eigenvalue weighted by molar-refractivity contribution is 0.0821. The molecule has 0 aliphatic carbocycles. The molecule has 1 unspecified atom stereocenters. The number of hydrogen-bond acceptors (Lipinski definition) is 5. The normalized spacial score (nSPS) is 18.7. The quantitative estimate of drug-likeness (QED) is 0.848. The van der Waals surface area contributed by atoms with Crippen molar-refractivity contribution >= 4 is 11.7 Å². The fourth-order valence-electron chi connectivity index (χ4n) is 1.76. The molecule has 1 N–H and O–H groups in total. The first-order valence-electron chi connectivity index (χ1n) is 6.04. The van der Waals surface area contributed by atoms with E-state index in [-0.39, 0.29) is 5.91 Å². The standard InChI is InChI=1S/C12H18N4O2/c1-16(2)12(17)10-3-4-11(15-14-10)13-7-9-5-6-18-8-9/h3-4,9H,5-8H2,1-2H3,(H,13,15). The fourth-order valence-corrected chi connectivity index (χ4v) is 1.76. The fraction of sp³-hybridized carbons (Fsp3) is 0.583. The molecular weight excluding hydrogens is 232 g/mol. The Bertz CT molecular complexity index is 399. The molecule has 0 aromatic carbocycles. The van der Waals surface area contributed by atoms with Gasteiger partial charge in [0.1, 0.15) is 5.82 Å². The van der Waals surface area contributed by atoms with Crippen molar-refractivity contribution in [2.45, 2.75) is 6.42 Å². The summed E-state index contributed by atoms with van der Waals surface area (Å²) in [5.74, 6) is 1.09. The third-order valence-electron chi connectivity index (χ3n) is 2.89. The Hall–Kier alpha value is -1.69. The Balaban J connectivity index is 1.89. The van der Waals surface area contributed by atoms with E-state index in [1.807, 2.05) is 0 Å². The second-order valence-corrected chi connectivity index (χ2v) is 4.61. The molecule has 18 heavy (non-hydrogen) atoms. The largest absolute Gasteiger partial charge is 0.381 e. The molecule has 6 heteroatoms. The number of ether oxygens (including phenoxy) is 1. The summed E-state index contributed by atoms with van der Waals surface area (Å²) < 4.78 is 5.30. The number of nitrogens with zero attached hydrogens (tertiary/aromatic N) is 3. The molecular formula is C12H18N4O2. The molecule has 1 amide bonds. The highest BCUT2D eigenvalue weighted by molar-refractivity contribution is 5.91. The number of carbonyl (C=O) groups excluding carboxylic acids is 1. The van der Waals surface area contributed by atoms with Crippen LogP contribution >= 0.6 is 0 Å². The lowest BCUT2D eigenvalue weighted by Gasteiger charge is -2.11. The molecule has 1 aromatic heterocycles. The average Bonchev–Trinajstić information content (AvgIpc) is 2.89. The number of amides is 1. The monoisotopic (exact) mass is 250 g/mol. The van der Waals surface area contributed by atoms with Crippen LogP contribution in [-0.4, -0.2) is 54.9 Å². The van der Waals surface area contributed by atoms with Crippen LogP contribution in [0.2, 0.25) is 0 Å². The van der Waals surface area contributed by atoms with Gasteiger partial charge in [-0.1, -0.05) is 0 Å². The molecule has 1 atom stereocenters. The Labute approximate surface area is 106 Å². The van der Waals surface area contributed by atoms with Gasteiger partial charge in [0, 0.05) is 33.2 Å². The van der Waals surface area contributed by atoms with Crippen LogP contribution in [0.5, 0.6) is 0 Å². The van der Waals surface area contributed by atoms with Crippen LogP contribution in [-0.2, 0) is 4.74 Å². The van der Waals surface area contributed by atoms with Gasteiger partial charge in [-0.3, -0.25) is 4.79 Å². The molecule has 2 rings (SSSR count). The maximum Gasteiger partial charge on any atom is 0.273 e. The van der Waals surface area contributed by atoms with Crippen molar-refractivity contribution in [1.82, 2.24) is 15.1 Å². The number of anilines is 1. The van der Waals surface area contributed by atoms with Gasteiger partial charge in [-0.2, -0.15) is 0 Å². The van der Waals surface area contributed by atoms with Crippen LogP contribution < -0.4 is 5.32 Å². The van der Waals surface area contributed by atoms with E-state index < -0.39 is 0 Å².